The number of hydrogen-bond donors (Lipinski definition) is 2. The predicted octanol–water partition coefficient (Wildman–Crippen LogP) is 0.838. The molecule has 0 bridgehead atoms. The molecule has 0 aliphatic heterocycles. The van der Waals surface area contributed by atoms with Crippen molar-refractivity contribution < 1.29 is 17.9 Å². The Bertz CT molecular complexity index is 414. The molecule has 0 atom stereocenters. The third kappa shape index (κ3) is 3.70. The largest absolute Gasteiger partial charge is 0.457 e. The molecule has 0 saturated carbocycles. The Hall–Kier alpha value is -2.19. The van der Waals surface area contributed by atoms with E-state index < -0.39 is 11.7 Å². The van der Waals surface area contributed by atoms with Gasteiger partial charge in [0.1, 0.15) is 12.3 Å². The second kappa shape index (κ2) is 5.23. The molecule has 6 nitrogen and oxygen atoms in total. The van der Waals surface area contributed by atoms with E-state index in [2.05, 4.69) is 15.1 Å². The quantitative estimate of drug-likeness (QED) is 0.468. The number of nitrogens with zero attached hydrogens (tertiary/aromatic N) is 3. The standard InChI is InChI=1S/C8H8F3N5O/c9-8(10,11)5-2-14-7(15-3-5)17-4-6(1-12)16-13/h1-3,12H,4,13H2. The van der Waals surface area contributed by atoms with E-state index in [1.807, 2.05) is 0 Å². The fraction of sp³-hybridized carbons (Fsp3) is 0.250. The van der Waals surface area contributed by atoms with Crippen molar-refractivity contribution >= 4 is 11.9 Å². The van der Waals surface area contributed by atoms with Crippen molar-refractivity contribution in [3.05, 3.63) is 18.0 Å². The number of rotatable bonds is 4. The van der Waals surface area contributed by atoms with Crippen LogP contribution in [0, 0.1) is 5.41 Å². The molecule has 1 aromatic heterocycles. The summed E-state index contributed by atoms with van der Waals surface area (Å²) in [5, 5.41) is 10.0. The maximum Gasteiger partial charge on any atom is 0.419 e. The third-order valence-electron chi connectivity index (χ3n) is 1.64. The predicted molar refractivity (Wildman–Crippen MR) is 52.9 cm³/mol. The van der Waals surface area contributed by atoms with Crippen molar-refractivity contribution in [2.24, 2.45) is 10.9 Å². The summed E-state index contributed by atoms with van der Waals surface area (Å²) < 4.78 is 41.3. The molecule has 3 N–H and O–H groups in total. The van der Waals surface area contributed by atoms with Crippen LogP contribution in [0.15, 0.2) is 17.5 Å². The van der Waals surface area contributed by atoms with Gasteiger partial charge in [0.25, 0.3) is 0 Å². The zero-order valence-corrected chi connectivity index (χ0v) is 8.40. The van der Waals surface area contributed by atoms with Gasteiger partial charge in [-0.3, -0.25) is 0 Å². The van der Waals surface area contributed by atoms with Crippen molar-refractivity contribution in [2.75, 3.05) is 6.61 Å². The van der Waals surface area contributed by atoms with Gasteiger partial charge in [0, 0.05) is 18.6 Å². The molecule has 1 rings (SSSR count). The number of hydrazone groups is 1. The highest BCUT2D eigenvalue weighted by Crippen LogP contribution is 2.28. The second-order valence-corrected chi connectivity index (χ2v) is 2.81. The van der Waals surface area contributed by atoms with Gasteiger partial charge in [-0.1, -0.05) is 0 Å². The van der Waals surface area contributed by atoms with E-state index in [4.69, 9.17) is 16.0 Å². The first-order valence-electron chi connectivity index (χ1n) is 4.26. The number of alkyl halides is 3. The SMILES string of the molecule is N=CC(COc1ncc(C(F)(F)F)cn1)=NN. The summed E-state index contributed by atoms with van der Waals surface area (Å²) in [7, 11) is 0. The molecular formula is C8H8F3N5O. The van der Waals surface area contributed by atoms with Crippen LogP contribution in [0.1, 0.15) is 5.56 Å². The first-order chi connectivity index (χ1) is 7.97. The number of ether oxygens (including phenoxy) is 1. The van der Waals surface area contributed by atoms with Gasteiger partial charge in [-0.25, -0.2) is 9.97 Å². The smallest absolute Gasteiger partial charge is 0.419 e. The molecule has 1 heterocycles. The monoisotopic (exact) mass is 247 g/mol. The van der Waals surface area contributed by atoms with Crippen molar-refractivity contribution in [1.82, 2.24) is 9.97 Å². The van der Waals surface area contributed by atoms with Gasteiger partial charge >= 0.3 is 12.2 Å². The molecule has 1 aromatic rings. The zero-order chi connectivity index (χ0) is 12.9. The zero-order valence-electron chi connectivity index (χ0n) is 8.40. The van der Waals surface area contributed by atoms with Crippen LogP contribution in [0.3, 0.4) is 0 Å². The van der Waals surface area contributed by atoms with E-state index >= 15 is 0 Å². The summed E-state index contributed by atoms with van der Waals surface area (Å²) in [4.78, 5) is 6.72. The lowest BCUT2D eigenvalue weighted by Gasteiger charge is -2.06. The second-order valence-electron chi connectivity index (χ2n) is 2.81. The third-order valence-corrected chi connectivity index (χ3v) is 1.64. The van der Waals surface area contributed by atoms with E-state index in [9.17, 15) is 13.2 Å². The lowest BCUT2D eigenvalue weighted by atomic mass is 10.3. The van der Waals surface area contributed by atoms with Crippen LogP contribution in [0.25, 0.3) is 0 Å². The Balaban J connectivity index is 2.66. The number of hydrogen-bond acceptors (Lipinski definition) is 6. The van der Waals surface area contributed by atoms with E-state index in [0.29, 0.717) is 12.4 Å². The maximum absolute atomic E-state index is 12.2. The van der Waals surface area contributed by atoms with Crippen LogP contribution < -0.4 is 10.6 Å². The molecule has 0 radical (unpaired) electrons. The molecule has 0 amide bonds. The topological polar surface area (TPSA) is 97.2 Å². The van der Waals surface area contributed by atoms with E-state index in [0.717, 1.165) is 6.21 Å². The highest BCUT2D eigenvalue weighted by atomic mass is 19.4. The summed E-state index contributed by atoms with van der Waals surface area (Å²) in [5.74, 6) is 4.90. The molecule has 0 saturated heterocycles. The highest BCUT2D eigenvalue weighted by Gasteiger charge is 2.31. The van der Waals surface area contributed by atoms with Gasteiger partial charge in [-0.2, -0.15) is 18.3 Å². The average molecular weight is 247 g/mol. The van der Waals surface area contributed by atoms with Crippen LogP contribution >= 0.6 is 0 Å². The molecule has 9 heteroatoms. The van der Waals surface area contributed by atoms with Crippen LogP contribution in [0.2, 0.25) is 0 Å². The lowest BCUT2D eigenvalue weighted by Crippen LogP contribution is -2.16. The molecule has 92 valence electrons. The van der Waals surface area contributed by atoms with Gasteiger partial charge in [0.05, 0.1) is 5.56 Å². The maximum atomic E-state index is 12.2. The van der Waals surface area contributed by atoms with Crippen LogP contribution in [-0.4, -0.2) is 28.5 Å². The molecule has 0 aromatic carbocycles. The number of aromatic nitrogens is 2. The molecular weight excluding hydrogens is 239 g/mol. The fourth-order valence-electron chi connectivity index (χ4n) is 0.792. The van der Waals surface area contributed by atoms with Crippen LogP contribution in [-0.2, 0) is 6.18 Å². The number of nitrogens with one attached hydrogen (secondary N) is 1. The minimum absolute atomic E-state index is 0.105. The summed E-state index contributed by atoms with van der Waals surface area (Å²) in [6.07, 6.45) is -2.43. The fourth-order valence-corrected chi connectivity index (χ4v) is 0.792. The van der Waals surface area contributed by atoms with Gasteiger partial charge in [0.2, 0.25) is 0 Å². The molecule has 0 aliphatic rings. The first kappa shape index (κ1) is 12.9. The number of nitrogens with two attached hydrogens (primary N) is 1. The summed E-state index contributed by atoms with van der Waals surface area (Å²) >= 11 is 0. The average Bonchev–Trinajstić information content (AvgIpc) is 2.30. The Morgan fingerprint density at radius 3 is 2.47 bits per heavy atom. The van der Waals surface area contributed by atoms with E-state index in [1.54, 1.807) is 0 Å². The Morgan fingerprint density at radius 1 is 1.47 bits per heavy atom. The molecule has 0 aliphatic carbocycles. The molecule has 0 spiro atoms. The molecule has 0 unspecified atom stereocenters. The highest BCUT2D eigenvalue weighted by molar-refractivity contribution is 6.30. The van der Waals surface area contributed by atoms with Crippen molar-refractivity contribution in [3.63, 3.8) is 0 Å². The summed E-state index contributed by atoms with van der Waals surface area (Å²) in [6, 6.07) is -0.249. The minimum Gasteiger partial charge on any atom is -0.457 e. The van der Waals surface area contributed by atoms with Crippen molar-refractivity contribution in [2.45, 2.75) is 6.18 Å². The Morgan fingerprint density at radius 2 is 2.06 bits per heavy atom. The van der Waals surface area contributed by atoms with Gasteiger partial charge < -0.3 is 16.0 Å². The molecule has 0 fully saturated rings. The van der Waals surface area contributed by atoms with Crippen molar-refractivity contribution in [1.29, 1.82) is 5.41 Å². The van der Waals surface area contributed by atoms with E-state index in [1.165, 1.54) is 0 Å². The minimum atomic E-state index is -4.49. The molecule has 17 heavy (non-hydrogen) atoms. The van der Waals surface area contributed by atoms with Gasteiger partial charge in [-0.15, -0.1) is 0 Å². The van der Waals surface area contributed by atoms with Crippen molar-refractivity contribution in [3.8, 4) is 6.01 Å². The van der Waals surface area contributed by atoms with E-state index in [-0.39, 0.29) is 18.3 Å². The lowest BCUT2D eigenvalue weighted by molar-refractivity contribution is -0.138. The van der Waals surface area contributed by atoms with Crippen LogP contribution in [0.5, 0.6) is 6.01 Å². The van der Waals surface area contributed by atoms with Crippen LogP contribution in [0.4, 0.5) is 13.2 Å². The first-order valence-corrected chi connectivity index (χ1v) is 4.26. The number of halogens is 3. The Labute approximate surface area is 93.8 Å². The van der Waals surface area contributed by atoms with Gasteiger partial charge in [0.15, 0.2) is 0 Å². The normalized spacial score (nSPS) is 12.3. The summed E-state index contributed by atoms with van der Waals surface area (Å²) in [6.45, 7) is -0.189. The summed E-state index contributed by atoms with van der Waals surface area (Å²) in [5.41, 5.74) is -0.863. The van der Waals surface area contributed by atoms with Gasteiger partial charge in [-0.05, 0) is 0 Å². The Kier molecular flexibility index (Phi) is 3.96.